The van der Waals surface area contributed by atoms with Crippen LogP contribution in [0.3, 0.4) is 0 Å². The summed E-state index contributed by atoms with van der Waals surface area (Å²) in [6.45, 7) is 5.33. The van der Waals surface area contributed by atoms with Crippen molar-refractivity contribution in [3.05, 3.63) is 30.0 Å². The van der Waals surface area contributed by atoms with Gasteiger partial charge in [0.1, 0.15) is 5.82 Å². The van der Waals surface area contributed by atoms with Crippen molar-refractivity contribution in [1.29, 1.82) is 0 Å². The molecule has 0 unspecified atom stereocenters. The molecule has 3 rings (SSSR count). The zero-order chi connectivity index (χ0) is 14.3. The third-order valence-corrected chi connectivity index (χ3v) is 3.47. The summed E-state index contributed by atoms with van der Waals surface area (Å²) in [4.78, 5) is 10.6. The minimum Gasteiger partial charge on any atom is -0.375 e. The van der Waals surface area contributed by atoms with Gasteiger partial charge in [-0.25, -0.2) is 13.8 Å². The molecule has 0 bridgehead atoms. The molecule has 1 aromatic carbocycles. The topological polar surface area (TPSA) is 38.2 Å². The average molecular weight is 279 g/mol. The summed E-state index contributed by atoms with van der Waals surface area (Å²) in [6.07, 6.45) is 1.70. The van der Waals surface area contributed by atoms with E-state index < -0.39 is 11.6 Å². The Labute approximate surface area is 115 Å². The highest BCUT2D eigenvalue weighted by molar-refractivity contribution is 5.75. The summed E-state index contributed by atoms with van der Waals surface area (Å²) < 4.78 is 32.0. The Kier molecular flexibility index (Phi) is 3.25. The summed E-state index contributed by atoms with van der Waals surface area (Å²) in [5.74, 6) is -1.16. The maximum Gasteiger partial charge on any atom is 0.161 e. The molecule has 1 aliphatic rings. The lowest BCUT2D eigenvalue weighted by molar-refractivity contribution is 0.0340. The number of halogens is 2. The second kappa shape index (κ2) is 4.94. The van der Waals surface area contributed by atoms with E-state index in [1.54, 1.807) is 6.20 Å². The number of rotatable bonds is 1. The van der Waals surface area contributed by atoms with Gasteiger partial charge >= 0.3 is 0 Å². The first kappa shape index (κ1) is 13.2. The summed E-state index contributed by atoms with van der Waals surface area (Å²) in [5, 5.41) is 0. The molecule has 0 radical (unpaired) electrons. The molecule has 20 heavy (non-hydrogen) atoms. The first-order chi connectivity index (χ1) is 9.54. The number of hydrogen-bond donors (Lipinski definition) is 0. The van der Waals surface area contributed by atoms with Crippen LogP contribution in [-0.4, -0.2) is 35.3 Å². The molecule has 0 N–H and O–H groups in total. The molecule has 1 aromatic heterocycles. The Morgan fingerprint density at radius 1 is 1.20 bits per heavy atom. The number of nitrogens with zero attached hydrogens (tertiary/aromatic N) is 3. The van der Waals surface area contributed by atoms with Crippen LogP contribution < -0.4 is 4.90 Å². The van der Waals surface area contributed by atoms with Crippen molar-refractivity contribution < 1.29 is 13.5 Å². The molecule has 4 nitrogen and oxygen atoms in total. The van der Waals surface area contributed by atoms with E-state index in [1.807, 2.05) is 13.8 Å². The quantitative estimate of drug-likeness (QED) is 0.804. The standard InChI is InChI=1S/C14H15F2N3O/c1-8-7-20-9(2)6-19(8)14-5-17-12-3-10(15)11(16)4-13(12)18-14/h3-5,8-9H,6-7H2,1-2H3/t8-,9+/m1/s1. The molecule has 0 amide bonds. The molecule has 1 fully saturated rings. The van der Waals surface area contributed by atoms with E-state index in [-0.39, 0.29) is 12.1 Å². The second-order valence-corrected chi connectivity index (χ2v) is 5.13. The number of fused-ring (bicyclic) bond motifs is 1. The lowest BCUT2D eigenvalue weighted by Gasteiger charge is -2.37. The highest BCUT2D eigenvalue weighted by atomic mass is 19.2. The van der Waals surface area contributed by atoms with E-state index in [2.05, 4.69) is 14.9 Å². The summed E-state index contributed by atoms with van der Waals surface area (Å²) in [6, 6.07) is 2.31. The van der Waals surface area contributed by atoms with E-state index in [0.29, 0.717) is 30.0 Å². The lowest BCUT2D eigenvalue weighted by atomic mass is 10.2. The van der Waals surface area contributed by atoms with Crippen LogP contribution in [0.15, 0.2) is 18.3 Å². The van der Waals surface area contributed by atoms with Crippen LogP contribution in [0.5, 0.6) is 0 Å². The fourth-order valence-electron chi connectivity index (χ4n) is 2.36. The number of anilines is 1. The molecule has 106 valence electrons. The van der Waals surface area contributed by atoms with E-state index in [0.717, 1.165) is 12.1 Å². The third kappa shape index (κ3) is 2.31. The molecular weight excluding hydrogens is 264 g/mol. The molecular formula is C14H15F2N3O. The van der Waals surface area contributed by atoms with Crippen molar-refractivity contribution in [3.63, 3.8) is 0 Å². The van der Waals surface area contributed by atoms with Crippen molar-refractivity contribution in [2.24, 2.45) is 0 Å². The molecule has 0 aliphatic carbocycles. The van der Waals surface area contributed by atoms with Crippen molar-refractivity contribution in [3.8, 4) is 0 Å². The smallest absolute Gasteiger partial charge is 0.161 e. The first-order valence-electron chi connectivity index (χ1n) is 6.54. The minimum atomic E-state index is -0.910. The van der Waals surface area contributed by atoms with Gasteiger partial charge in [0.05, 0.1) is 36.0 Å². The first-order valence-corrected chi connectivity index (χ1v) is 6.54. The van der Waals surface area contributed by atoms with Crippen LogP contribution in [0, 0.1) is 11.6 Å². The van der Waals surface area contributed by atoms with Gasteiger partial charge in [-0.05, 0) is 13.8 Å². The Morgan fingerprint density at radius 3 is 2.65 bits per heavy atom. The monoisotopic (exact) mass is 279 g/mol. The maximum atomic E-state index is 13.3. The number of benzene rings is 1. The van der Waals surface area contributed by atoms with Crippen LogP contribution in [0.25, 0.3) is 11.0 Å². The van der Waals surface area contributed by atoms with Gasteiger partial charge in [-0.2, -0.15) is 0 Å². The number of aromatic nitrogens is 2. The van der Waals surface area contributed by atoms with Crippen LogP contribution in [0.1, 0.15) is 13.8 Å². The summed E-state index contributed by atoms with van der Waals surface area (Å²) >= 11 is 0. The molecule has 2 heterocycles. The average Bonchev–Trinajstić information content (AvgIpc) is 2.42. The molecule has 6 heteroatoms. The van der Waals surface area contributed by atoms with Gasteiger partial charge in [-0.15, -0.1) is 0 Å². The van der Waals surface area contributed by atoms with Crippen LogP contribution >= 0.6 is 0 Å². The fourth-order valence-corrected chi connectivity index (χ4v) is 2.36. The predicted molar refractivity (Wildman–Crippen MR) is 71.7 cm³/mol. The zero-order valence-electron chi connectivity index (χ0n) is 11.3. The normalized spacial score (nSPS) is 23.3. The highest BCUT2D eigenvalue weighted by Gasteiger charge is 2.25. The van der Waals surface area contributed by atoms with Crippen LogP contribution in [-0.2, 0) is 4.74 Å². The third-order valence-electron chi connectivity index (χ3n) is 3.47. The van der Waals surface area contributed by atoms with E-state index in [9.17, 15) is 8.78 Å². The Morgan fingerprint density at radius 2 is 1.90 bits per heavy atom. The Balaban J connectivity index is 2.01. The SMILES string of the molecule is C[C@@H]1CO[C@@H](C)CN1c1cnc2cc(F)c(F)cc2n1. The van der Waals surface area contributed by atoms with Gasteiger partial charge in [-0.3, -0.25) is 4.98 Å². The summed E-state index contributed by atoms with van der Waals surface area (Å²) in [5.41, 5.74) is 0.703. The van der Waals surface area contributed by atoms with E-state index in [4.69, 9.17) is 4.74 Å². The maximum absolute atomic E-state index is 13.3. The number of morpholine rings is 1. The lowest BCUT2D eigenvalue weighted by Crippen LogP contribution is -2.47. The van der Waals surface area contributed by atoms with Gasteiger partial charge < -0.3 is 9.64 Å². The molecule has 2 aromatic rings. The number of hydrogen-bond acceptors (Lipinski definition) is 4. The fraction of sp³-hybridized carbons (Fsp3) is 0.429. The predicted octanol–water partition coefficient (Wildman–Crippen LogP) is 2.52. The van der Waals surface area contributed by atoms with Crippen LogP contribution in [0.2, 0.25) is 0 Å². The van der Waals surface area contributed by atoms with Gasteiger partial charge in [0.25, 0.3) is 0 Å². The van der Waals surface area contributed by atoms with Crippen molar-refractivity contribution in [2.75, 3.05) is 18.1 Å². The van der Waals surface area contributed by atoms with Gasteiger partial charge in [0.15, 0.2) is 11.6 Å². The molecule has 0 spiro atoms. The zero-order valence-corrected chi connectivity index (χ0v) is 11.3. The van der Waals surface area contributed by atoms with Crippen molar-refractivity contribution in [2.45, 2.75) is 26.0 Å². The van der Waals surface area contributed by atoms with Gasteiger partial charge in [0, 0.05) is 18.7 Å². The van der Waals surface area contributed by atoms with Gasteiger partial charge in [0.2, 0.25) is 0 Å². The van der Waals surface area contributed by atoms with Gasteiger partial charge in [-0.1, -0.05) is 0 Å². The summed E-state index contributed by atoms with van der Waals surface area (Å²) in [7, 11) is 0. The van der Waals surface area contributed by atoms with Crippen molar-refractivity contribution >= 4 is 16.9 Å². The van der Waals surface area contributed by atoms with E-state index in [1.165, 1.54) is 0 Å². The molecule has 2 atom stereocenters. The Bertz CT molecular complexity index is 650. The molecule has 1 aliphatic heterocycles. The van der Waals surface area contributed by atoms with Crippen molar-refractivity contribution in [1.82, 2.24) is 9.97 Å². The second-order valence-electron chi connectivity index (χ2n) is 5.13. The van der Waals surface area contributed by atoms with Crippen LogP contribution in [0.4, 0.5) is 14.6 Å². The highest BCUT2D eigenvalue weighted by Crippen LogP contribution is 2.22. The number of ether oxygens (including phenoxy) is 1. The van der Waals surface area contributed by atoms with E-state index >= 15 is 0 Å². The Hall–Kier alpha value is -1.82. The largest absolute Gasteiger partial charge is 0.375 e. The minimum absolute atomic E-state index is 0.105. The molecule has 0 saturated carbocycles. The molecule has 1 saturated heterocycles.